The van der Waals surface area contributed by atoms with Gasteiger partial charge in [0.15, 0.2) is 0 Å². The number of rotatable bonds is 3. The highest BCUT2D eigenvalue weighted by Gasteiger charge is 2.36. The Kier molecular flexibility index (Phi) is 4.57. The molecule has 0 heterocycles. The average Bonchev–Trinajstić information content (AvgIpc) is 2.25. The van der Waals surface area contributed by atoms with Crippen LogP contribution in [0.1, 0.15) is 33.3 Å². The minimum absolute atomic E-state index is 0.0221. The molecule has 0 aliphatic rings. The standard InChI is InChI=1S/C14H19F3N2O2/c1-12(2,13(3,4)21)19-11(20)18-10-7-5-6-9(8-10)14(15,16)17/h5-8,21H,1-4H3,(H2,18,19,20). The lowest BCUT2D eigenvalue weighted by Crippen LogP contribution is -2.58. The van der Waals surface area contributed by atoms with E-state index in [2.05, 4.69) is 10.6 Å². The number of aliphatic hydroxyl groups is 1. The predicted octanol–water partition coefficient (Wildman–Crippen LogP) is 3.38. The van der Waals surface area contributed by atoms with E-state index < -0.39 is 28.9 Å². The van der Waals surface area contributed by atoms with Crippen molar-refractivity contribution in [2.45, 2.75) is 45.0 Å². The Bertz CT molecular complexity index is 520. The van der Waals surface area contributed by atoms with Crippen LogP contribution < -0.4 is 10.6 Å². The number of hydrogen-bond donors (Lipinski definition) is 3. The molecule has 0 saturated carbocycles. The van der Waals surface area contributed by atoms with Gasteiger partial charge >= 0.3 is 12.2 Å². The second-order valence-electron chi connectivity index (χ2n) is 5.84. The van der Waals surface area contributed by atoms with E-state index in [0.29, 0.717) is 0 Å². The zero-order valence-electron chi connectivity index (χ0n) is 12.3. The topological polar surface area (TPSA) is 61.4 Å². The predicted molar refractivity (Wildman–Crippen MR) is 74.0 cm³/mol. The Balaban J connectivity index is 2.81. The van der Waals surface area contributed by atoms with Crippen LogP contribution in [-0.2, 0) is 6.18 Å². The fourth-order valence-corrected chi connectivity index (χ4v) is 1.37. The first-order valence-electron chi connectivity index (χ1n) is 6.32. The van der Waals surface area contributed by atoms with Gasteiger partial charge < -0.3 is 15.7 Å². The molecule has 7 heteroatoms. The van der Waals surface area contributed by atoms with E-state index in [4.69, 9.17) is 0 Å². The molecule has 0 saturated heterocycles. The molecule has 0 aliphatic carbocycles. The molecule has 1 aromatic rings. The average molecular weight is 304 g/mol. The molecule has 0 spiro atoms. The summed E-state index contributed by atoms with van der Waals surface area (Å²) in [5.41, 5.74) is -2.98. The number of carbonyl (C=O) groups is 1. The molecule has 2 amide bonds. The molecule has 3 N–H and O–H groups in total. The van der Waals surface area contributed by atoms with E-state index >= 15 is 0 Å². The molecule has 0 bridgehead atoms. The molecular weight excluding hydrogens is 285 g/mol. The van der Waals surface area contributed by atoms with Crippen molar-refractivity contribution in [3.05, 3.63) is 29.8 Å². The fraction of sp³-hybridized carbons (Fsp3) is 0.500. The molecule has 118 valence electrons. The molecular formula is C14H19F3N2O2. The van der Waals surface area contributed by atoms with Crippen molar-refractivity contribution in [1.82, 2.24) is 5.32 Å². The van der Waals surface area contributed by atoms with E-state index in [-0.39, 0.29) is 5.69 Å². The lowest BCUT2D eigenvalue weighted by Gasteiger charge is -2.37. The summed E-state index contributed by atoms with van der Waals surface area (Å²) in [6.45, 7) is 6.27. The normalized spacial score (nSPS) is 13.0. The summed E-state index contributed by atoms with van der Waals surface area (Å²) in [4.78, 5) is 11.8. The van der Waals surface area contributed by atoms with E-state index in [1.54, 1.807) is 13.8 Å². The van der Waals surface area contributed by atoms with Gasteiger partial charge in [0.2, 0.25) is 0 Å². The minimum Gasteiger partial charge on any atom is -0.388 e. The third-order valence-corrected chi connectivity index (χ3v) is 3.40. The Morgan fingerprint density at radius 3 is 2.19 bits per heavy atom. The summed E-state index contributed by atoms with van der Waals surface area (Å²) in [6.07, 6.45) is -4.47. The number of hydrogen-bond acceptors (Lipinski definition) is 2. The molecule has 0 radical (unpaired) electrons. The number of halogens is 3. The summed E-state index contributed by atoms with van der Waals surface area (Å²) >= 11 is 0. The van der Waals surface area contributed by atoms with Gasteiger partial charge in [-0.25, -0.2) is 4.79 Å². The monoisotopic (exact) mass is 304 g/mol. The molecule has 0 unspecified atom stereocenters. The number of alkyl halides is 3. The van der Waals surface area contributed by atoms with Crippen LogP contribution >= 0.6 is 0 Å². The van der Waals surface area contributed by atoms with Crippen LogP contribution in [0.15, 0.2) is 24.3 Å². The molecule has 0 aliphatic heterocycles. The Hall–Kier alpha value is -1.76. The number of nitrogens with one attached hydrogen (secondary N) is 2. The van der Waals surface area contributed by atoms with Gasteiger partial charge in [0.25, 0.3) is 0 Å². The maximum absolute atomic E-state index is 12.6. The number of amides is 2. The van der Waals surface area contributed by atoms with Gasteiger partial charge in [-0.1, -0.05) is 6.07 Å². The number of benzene rings is 1. The molecule has 0 fully saturated rings. The molecule has 4 nitrogen and oxygen atoms in total. The zero-order chi connectivity index (χ0) is 16.5. The molecule has 0 atom stereocenters. The van der Waals surface area contributed by atoms with Gasteiger partial charge in [-0.05, 0) is 45.9 Å². The zero-order valence-corrected chi connectivity index (χ0v) is 12.3. The highest BCUT2D eigenvalue weighted by atomic mass is 19.4. The maximum atomic E-state index is 12.6. The van der Waals surface area contributed by atoms with Crippen molar-refractivity contribution in [2.24, 2.45) is 0 Å². The Labute approximate surface area is 121 Å². The highest BCUT2D eigenvalue weighted by molar-refractivity contribution is 5.89. The number of anilines is 1. The summed E-state index contributed by atoms with van der Waals surface area (Å²) < 4.78 is 37.7. The van der Waals surface area contributed by atoms with E-state index in [1.807, 2.05) is 0 Å². The second-order valence-corrected chi connectivity index (χ2v) is 5.84. The first-order chi connectivity index (χ1) is 9.33. The highest BCUT2D eigenvalue weighted by Crippen LogP contribution is 2.30. The van der Waals surface area contributed by atoms with Crippen LogP contribution in [0.4, 0.5) is 23.7 Å². The maximum Gasteiger partial charge on any atom is 0.416 e. The van der Waals surface area contributed by atoms with Crippen LogP contribution in [0.3, 0.4) is 0 Å². The summed E-state index contributed by atoms with van der Waals surface area (Å²) in [5, 5.41) is 14.8. The third-order valence-electron chi connectivity index (χ3n) is 3.40. The van der Waals surface area contributed by atoms with Crippen molar-refractivity contribution in [3.63, 3.8) is 0 Å². The first-order valence-corrected chi connectivity index (χ1v) is 6.32. The SMILES string of the molecule is CC(C)(O)C(C)(C)NC(=O)Nc1cccc(C(F)(F)F)c1. The van der Waals surface area contributed by atoms with E-state index in [9.17, 15) is 23.1 Å². The van der Waals surface area contributed by atoms with Gasteiger partial charge in [0, 0.05) is 5.69 Å². The summed E-state index contributed by atoms with van der Waals surface area (Å²) in [6, 6.07) is 3.63. The van der Waals surface area contributed by atoms with Crippen LogP contribution in [0.2, 0.25) is 0 Å². The molecule has 1 aromatic carbocycles. The Morgan fingerprint density at radius 1 is 1.14 bits per heavy atom. The van der Waals surface area contributed by atoms with Crippen LogP contribution in [0.25, 0.3) is 0 Å². The first kappa shape index (κ1) is 17.3. The van der Waals surface area contributed by atoms with Crippen LogP contribution in [0.5, 0.6) is 0 Å². The smallest absolute Gasteiger partial charge is 0.388 e. The van der Waals surface area contributed by atoms with Crippen molar-refractivity contribution in [2.75, 3.05) is 5.32 Å². The van der Waals surface area contributed by atoms with Crippen molar-refractivity contribution < 1.29 is 23.1 Å². The van der Waals surface area contributed by atoms with Gasteiger partial charge in [-0.15, -0.1) is 0 Å². The third kappa shape index (κ3) is 4.63. The van der Waals surface area contributed by atoms with E-state index in [0.717, 1.165) is 12.1 Å². The van der Waals surface area contributed by atoms with Gasteiger partial charge in [0.05, 0.1) is 16.7 Å². The Morgan fingerprint density at radius 2 is 1.71 bits per heavy atom. The largest absolute Gasteiger partial charge is 0.416 e. The van der Waals surface area contributed by atoms with Gasteiger partial charge in [-0.2, -0.15) is 13.2 Å². The van der Waals surface area contributed by atoms with Crippen molar-refractivity contribution in [1.29, 1.82) is 0 Å². The van der Waals surface area contributed by atoms with Crippen molar-refractivity contribution >= 4 is 11.7 Å². The fourth-order valence-electron chi connectivity index (χ4n) is 1.37. The van der Waals surface area contributed by atoms with Gasteiger partial charge in [-0.3, -0.25) is 0 Å². The summed E-state index contributed by atoms with van der Waals surface area (Å²) in [7, 11) is 0. The van der Waals surface area contributed by atoms with E-state index in [1.165, 1.54) is 26.0 Å². The van der Waals surface area contributed by atoms with Crippen molar-refractivity contribution in [3.8, 4) is 0 Å². The second kappa shape index (κ2) is 5.55. The van der Waals surface area contributed by atoms with Crippen LogP contribution in [-0.4, -0.2) is 22.3 Å². The molecule has 1 rings (SSSR count). The van der Waals surface area contributed by atoms with Crippen LogP contribution in [0, 0.1) is 0 Å². The number of carbonyl (C=O) groups excluding carboxylic acids is 1. The number of urea groups is 1. The van der Waals surface area contributed by atoms with Gasteiger partial charge in [0.1, 0.15) is 0 Å². The lowest BCUT2D eigenvalue weighted by molar-refractivity contribution is -0.137. The molecule has 21 heavy (non-hydrogen) atoms. The minimum atomic E-state index is -4.47. The lowest BCUT2D eigenvalue weighted by atomic mass is 9.86. The quantitative estimate of drug-likeness (QED) is 0.801. The molecule has 0 aromatic heterocycles. The summed E-state index contributed by atoms with van der Waals surface area (Å²) in [5.74, 6) is 0.